The lowest BCUT2D eigenvalue weighted by atomic mass is 10.0. The molecule has 0 fully saturated rings. The molecule has 23 heavy (non-hydrogen) atoms. The van der Waals surface area contributed by atoms with E-state index in [1.54, 1.807) is 11.7 Å². The summed E-state index contributed by atoms with van der Waals surface area (Å²) in [5.41, 5.74) is 1.95. The maximum atomic E-state index is 12.3. The summed E-state index contributed by atoms with van der Waals surface area (Å²) in [6, 6.07) is 11.7. The monoisotopic (exact) mass is 316 g/mol. The fraction of sp³-hybridized carbons (Fsp3) is 0.412. The third-order valence-electron chi connectivity index (χ3n) is 3.78. The van der Waals surface area contributed by atoms with Crippen LogP contribution in [-0.4, -0.2) is 45.9 Å². The molecular weight excluding hydrogens is 292 g/mol. The summed E-state index contributed by atoms with van der Waals surface area (Å²) in [4.78, 5) is 14.2. The van der Waals surface area contributed by atoms with Crippen LogP contribution in [0.2, 0.25) is 0 Å². The molecule has 0 radical (unpaired) electrons. The SMILES string of the molecule is Cc1cc(NC(=O)CN(C)C(CCO)c2ccccc2)n(C)n1. The van der Waals surface area contributed by atoms with Gasteiger partial charge in [0, 0.05) is 25.8 Å². The standard InChI is InChI=1S/C17H24N4O2/c1-13-11-16(21(3)19-13)18-17(23)12-20(2)15(9-10-22)14-7-5-4-6-8-14/h4-8,11,15,22H,9-10,12H2,1-3H3,(H,18,23). The molecule has 2 N–H and O–H groups in total. The number of anilines is 1. The van der Waals surface area contributed by atoms with Gasteiger partial charge in [-0.3, -0.25) is 14.4 Å². The summed E-state index contributed by atoms with van der Waals surface area (Å²) in [5.74, 6) is 0.577. The zero-order chi connectivity index (χ0) is 16.8. The Kier molecular flexibility index (Phi) is 5.90. The first kappa shape index (κ1) is 17.2. The van der Waals surface area contributed by atoms with Gasteiger partial charge in [-0.15, -0.1) is 0 Å². The second kappa shape index (κ2) is 7.89. The number of aryl methyl sites for hydroxylation is 2. The van der Waals surface area contributed by atoms with E-state index in [0.29, 0.717) is 12.2 Å². The summed E-state index contributed by atoms with van der Waals surface area (Å²) >= 11 is 0. The Morgan fingerprint density at radius 3 is 2.65 bits per heavy atom. The van der Waals surface area contributed by atoms with Crippen LogP contribution in [-0.2, 0) is 11.8 Å². The minimum Gasteiger partial charge on any atom is -0.396 e. The molecule has 1 amide bonds. The molecule has 6 nitrogen and oxygen atoms in total. The Morgan fingerprint density at radius 1 is 1.39 bits per heavy atom. The first-order valence-electron chi connectivity index (χ1n) is 7.67. The summed E-state index contributed by atoms with van der Waals surface area (Å²) in [7, 11) is 3.69. The molecule has 6 heteroatoms. The average Bonchev–Trinajstić information content (AvgIpc) is 2.83. The van der Waals surface area contributed by atoms with Crippen molar-refractivity contribution < 1.29 is 9.90 Å². The Morgan fingerprint density at radius 2 is 2.09 bits per heavy atom. The van der Waals surface area contributed by atoms with Crippen LogP contribution < -0.4 is 5.32 Å². The molecule has 2 aromatic rings. The van der Waals surface area contributed by atoms with Gasteiger partial charge in [-0.05, 0) is 26.0 Å². The first-order chi connectivity index (χ1) is 11.0. The highest BCUT2D eigenvalue weighted by atomic mass is 16.3. The predicted molar refractivity (Wildman–Crippen MR) is 90.1 cm³/mol. The number of aliphatic hydroxyl groups excluding tert-OH is 1. The zero-order valence-electron chi connectivity index (χ0n) is 13.9. The van der Waals surface area contributed by atoms with Gasteiger partial charge < -0.3 is 10.4 Å². The molecule has 1 atom stereocenters. The van der Waals surface area contributed by atoms with Crippen LogP contribution in [0.25, 0.3) is 0 Å². The molecular formula is C17H24N4O2. The highest BCUT2D eigenvalue weighted by Gasteiger charge is 2.19. The number of amides is 1. The van der Waals surface area contributed by atoms with Crippen LogP contribution in [0, 0.1) is 6.92 Å². The third-order valence-corrected chi connectivity index (χ3v) is 3.78. The van der Waals surface area contributed by atoms with Gasteiger partial charge in [-0.1, -0.05) is 30.3 Å². The van der Waals surface area contributed by atoms with E-state index >= 15 is 0 Å². The minimum absolute atomic E-state index is 0.000207. The molecule has 0 bridgehead atoms. The second-order valence-corrected chi connectivity index (χ2v) is 5.70. The van der Waals surface area contributed by atoms with Crippen LogP contribution in [0.3, 0.4) is 0 Å². The van der Waals surface area contributed by atoms with Gasteiger partial charge in [-0.2, -0.15) is 5.10 Å². The molecule has 1 aromatic heterocycles. The van der Waals surface area contributed by atoms with Crippen molar-refractivity contribution >= 4 is 11.7 Å². The third kappa shape index (κ3) is 4.64. The first-order valence-corrected chi connectivity index (χ1v) is 7.67. The minimum atomic E-state index is -0.102. The summed E-state index contributed by atoms with van der Waals surface area (Å²) in [6.45, 7) is 2.20. The lowest BCUT2D eigenvalue weighted by molar-refractivity contribution is -0.117. The molecule has 0 saturated heterocycles. The van der Waals surface area contributed by atoms with Gasteiger partial charge in [-0.25, -0.2) is 0 Å². The van der Waals surface area contributed by atoms with Crippen molar-refractivity contribution in [3.8, 4) is 0 Å². The molecule has 0 aliphatic carbocycles. The quantitative estimate of drug-likeness (QED) is 0.816. The molecule has 2 rings (SSSR count). The lowest BCUT2D eigenvalue weighted by Gasteiger charge is -2.27. The van der Waals surface area contributed by atoms with Crippen molar-refractivity contribution in [3.05, 3.63) is 47.7 Å². The summed E-state index contributed by atoms with van der Waals surface area (Å²) in [6.07, 6.45) is 0.582. The van der Waals surface area contributed by atoms with Crippen LogP contribution in [0.1, 0.15) is 23.7 Å². The number of likely N-dealkylation sites (N-methyl/N-ethyl adjacent to an activating group) is 1. The fourth-order valence-corrected chi connectivity index (χ4v) is 2.69. The van der Waals surface area contributed by atoms with Gasteiger partial charge >= 0.3 is 0 Å². The molecule has 1 heterocycles. The molecule has 0 spiro atoms. The van der Waals surface area contributed by atoms with E-state index in [4.69, 9.17) is 0 Å². The number of benzene rings is 1. The van der Waals surface area contributed by atoms with Gasteiger partial charge in [0.05, 0.1) is 12.2 Å². The molecule has 1 unspecified atom stereocenters. The van der Waals surface area contributed by atoms with Crippen LogP contribution in [0.4, 0.5) is 5.82 Å². The fourth-order valence-electron chi connectivity index (χ4n) is 2.69. The normalized spacial score (nSPS) is 12.4. The van der Waals surface area contributed by atoms with Gasteiger partial charge in [0.1, 0.15) is 5.82 Å². The number of carbonyl (C=O) groups is 1. The Labute approximate surface area is 136 Å². The Hall–Kier alpha value is -2.18. The highest BCUT2D eigenvalue weighted by molar-refractivity contribution is 5.91. The zero-order valence-corrected chi connectivity index (χ0v) is 13.9. The van der Waals surface area contributed by atoms with Crippen molar-refractivity contribution in [2.24, 2.45) is 7.05 Å². The van der Waals surface area contributed by atoms with Crippen molar-refractivity contribution in [1.29, 1.82) is 0 Å². The number of hydrogen-bond acceptors (Lipinski definition) is 4. The van der Waals surface area contributed by atoms with Crippen molar-refractivity contribution in [2.75, 3.05) is 25.5 Å². The number of aromatic nitrogens is 2. The molecule has 0 saturated carbocycles. The largest absolute Gasteiger partial charge is 0.396 e. The molecule has 1 aromatic carbocycles. The maximum absolute atomic E-state index is 12.3. The Balaban J connectivity index is 2.02. The van der Waals surface area contributed by atoms with E-state index in [0.717, 1.165) is 11.3 Å². The van der Waals surface area contributed by atoms with E-state index < -0.39 is 0 Å². The second-order valence-electron chi connectivity index (χ2n) is 5.70. The average molecular weight is 316 g/mol. The Bertz CT molecular complexity index is 639. The smallest absolute Gasteiger partial charge is 0.239 e. The molecule has 0 aliphatic heterocycles. The van der Waals surface area contributed by atoms with Gasteiger partial charge in [0.25, 0.3) is 0 Å². The molecule has 124 valence electrons. The number of aliphatic hydroxyl groups is 1. The number of nitrogens with one attached hydrogen (secondary N) is 1. The number of nitrogens with zero attached hydrogens (tertiary/aromatic N) is 3. The van der Waals surface area contributed by atoms with Crippen molar-refractivity contribution in [1.82, 2.24) is 14.7 Å². The number of hydrogen-bond donors (Lipinski definition) is 2. The number of carbonyl (C=O) groups excluding carboxylic acids is 1. The van der Waals surface area contributed by atoms with E-state index in [9.17, 15) is 9.90 Å². The van der Waals surface area contributed by atoms with Crippen LogP contribution >= 0.6 is 0 Å². The van der Waals surface area contributed by atoms with Crippen molar-refractivity contribution in [2.45, 2.75) is 19.4 Å². The van der Waals surface area contributed by atoms with Crippen molar-refractivity contribution in [3.63, 3.8) is 0 Å². The molecule has 0 aliphatic rings. The van der Waals surface area contributed by atoms with E-state index in [2.05, 4.69) is 10.4 Å². The van der Waals surface area contributed by atoms with Gasteiger partial charge in [0.2, 0.25) is 5.91 Å². The lowest BCUT2D eigenvalue weighted by Crippen LogP contribution is -2.34. The van der Waals surface area contributed by atoms with E-state index in [1.165, 1.54) is 0 Å². The van der Waals surface area contributed by atoms with Crippen LogP contribution in [0.5, 0.6) is 0 Å². The van der Waals surface area contributed by atoms with E-state index in [1.807, 2.05) is 55.3 Å². The van der Waals surface area contributed by atoms with Crippen LogP contribution in [0.15, 0.2) is 36.4 Å². The highest BCUT2D eigenvalue weighted by Crippen LogP contribution is 2.22. The summed E-state index contributed by atoms with van der Waals surface area (Å²) < 4.78 is 1.65. The topological polar surface area (TPSA) is 70.4 Å². The summed E-state index contributed by atoms with van der Waals surface area (Å²) in [5, 5.41) is 16.4. The maximum Gasteiger partial charge on any atom is 0.239 e. The van der Waals surface area contributed by atoms with E-state index in [-0.39, 0.29) is 25.1 Å². The number of rotatable bonds is 7. The van der Waals surface area contributed by atoms with Gasteiger partial charge in [0.15, 0.2) is 0 Å². The predicted octanol–water partition coefficient (Wildman–Crippen LogP) is 1.72.